The van der Waals surface area contributed by atoms with Crippen molar-refractivity contribution in [1.82, 2.24) is 20.2 Å². The van der Waals surface area contributed by atoms with Crippen molar-refractivity contribution in [3.63, 3.8) is 0 Å². The number of hydrogen-bond acceptors (Lipinski definition) is 5. The minimum absolute atomic E-state index is 0.0367. The molecule has 0 amide bonds. The van der Waals surface area contributed by atoms with Gasteiger partial charge in [-0.2, -0.15) is 4.68 Å². The van der Waals surface area contributed by atoms with E-state index in [9.17, 15) is 9.59 Å². The summed E-state index contributed by atoms with van der Waals surface area (Å²) in [5, 5.41) is 9.05. The number of nitrogens with one attached hydrogen (secondary N) is 1. The van der Waals surface area contributed by atoms with E-state index >= 15 is 0 Å². The second-order valence-corrected chi connectivity index (χ2v) is 3.95. The lowest BCUT2D eigenvalue weighted by atomic mass is 10.2. The van der Waals surface area contributed by atoms with E-state index in [2.05, 4.69) is 20.3 Å². The fraction of sp³-hybridized carbons (Fsp3) is 0.111. The summed E-state index contributed by atoms with van der Waals surface area (Å²) in [5.41, 5.74) is -0.478. The van der Waals surface area contributed by atoms with Gasteiger partial charge in [-0.05, 0) is 22.6 Å². The molecule has 0 fully saturated rings. The number of carbonyl (C=O) groups is 1. The van der Waals surface area contributed by atoms with E-state index in [-0.39, 0.29) is 21.3 Å². The number of esters is 1. The van der Waals surface area contributed by atoms with Crippen molar-refractivity contribution >= 4 is 29.2 Å². The summed E-state index contributed by atoms with van der Waals surface area (Å²) in [5.74, 6) is -0.644. The molecule has 18 heavy (non-hydrogen) atoms. The van der Waals surface area contributed by atoms with Crippen molar-refractivity contribution in [2.75, 3.05) is 7.11 Å². The van der Waals surface area contributed by atoms with Crippen molar-refractivity contribution in [3.05, 3.63) is 38.2 Å². The summed E-state index contributed by atoms with van der Waals surface area (Å²) in [6, 6.07) is 2.81. The van der Waals surface area contributed by atoms with Gasteiger partial charge in [0.1, 0.15) is 5.69 Å². The number of aromatic nitrogens is 4. The van der Waals surface area contributed by atoms with Crippen molar-refractivity contribution in [3.8, 4) is 5.69 Å². The summed E-state index contributed by atoms with van der Waals surface area (Å²) in [6.45, 7) is 0. The van der Waals surface area contributed by atoms with Crippen molar-refractivity contribution in [2.45, 2.75) is 0 Å². The molecule has 7 nitrogen and oxygen atoms in total. The zero-order valence-electron chi connectivity index (χ0n) is 8.98. The smallest absolute Gasteiger partial charge is 0.365 e. The average molecular weight is 289 g/mol. The second-order valence-electron chi connectivity index (χ2n) is 3.17. The molecule has 1 heterocycles. The highest BCUT2D eigenvalue weighted by molar-refractivity contribution is 6.39. The number of halogens is 2. The van der Waals surface area contributed by atoms with Gasteiger partial charge in [-0.15, -0.1) is 0 Å². The second kappa shape index (κ2) is 4.79. The fourth-order valence-electron chi connectivity index (χ4n) is 1.35. The highest BCUT2D eigenvalue weighted by Crippen LogP contribution is 2.30. The van der Waals surface area contributed by atoms with Crippen LogP contribution in [0.15, 0.2) is 16.9 Å². The number of tetrazole rings is 1. The van der Waals surface area contributed by atoms with Crippen LogP contribution in [0.4, 0.5) is 0 Å². The number of rotatable bonds is 2. The van der Waals surface area contributed by atoms with Crippen molar-refractivity contribution in [2.24, 2.45) is 0 Å². The van der Waals surface area contributed by atoms with Gasteiger partial charge in [-0.25, -0.2) is 14.7 Å². The van der Waals surface area contributed by atoms with Gasteiger partial charge < -0.3 is 4.74 Å². The number of aromatic amines is 1. The normalized spacial score (nSPS) is 10.4. The highest BCUT2D eigenvalue weighted by Gasteiger charge is 2.20. The Bertz CT molecular complexity index is 664. The molecule has 0 aliphatic heterocycles. The van der Waals surface area contributed by atoms with E-state index in [0.717, 1.165) is 4.68 Å². The van der Waals surface area contributed by atoms with E-state index in [1.165, 1.54) is 19.2 Å². The lowest BCUT2D eigenvalue weighted by Gasteiger charge is -2.08. The lowest BCUT2D eigenvalue weighted by molar-refractivity contribution is 0.0601. The SMILES string of the molecule is COC(=O)c1ccc(Cl)c(-n2nn[nH]c2=O)c1Cl. The van der Waals surface area contributed by atoms with Crippen LogP contribution >= 0.6 is 23.2 Å². The Balaban J connectivity index is 2.71. The van der Waals surface area contributed by atoms with Gasteiger partial charge in [-0.1, -0.05) is 23.2 Å². The summed E-state index contributed by atoms with van der Waals surface area (Å²) in [7, 11) is 1.22. The summed E-state index contributed by atoms with van der Waals surface area (Å²) in [6.07, 6.45) is 0. The largest absolute Gasteiger partial charge is 0.465 e. The third-order valence-electron chi connectivity index (χ3n) is 2.16. The zero-order valence-corrected chi connectivity index (χ0v) is 10.5. The predicted molar refractivity (Wildman–Crippen MR) is 63.3 cm³/mol. The Morgan fingerprint density at radius 1 is 1.44 bits per heavy atom. The molecule has 0 unspecified atom stereocenters. The molecule has 0 radical (unpaired) electrons. The maximum Gasteiger partial charge on any atom is 0.365 e. The van der Waals surface area contributed by atoms with Gasteiger partial charge in [-0.3, -0.25) is 0 Å². The highest BCUT2D eigenvalue weighted by atomic mass is 35.5. The first-order valence-corrected chi connectivity index (χ1v) is 5.39. The third kappa shape index (κ3) is 1.98. The molecular formula is C9H6Cl2N4O3. The molecule has 94 valence electrons. The number of methoxy groups -OCH3 is 1. The standard InChI is InChI=1S/C9H6Cl2N4O3/c1-18-8(16)4-2-3-5(10)7(6(4)11)15-9(17)12-13-14-15/h2-3H,1H3,(H,12,14,17). The maximum atomic E-state index is 11.5. The molecule has 0 bridgehead atoms. The predicted octanol–water partition coefficient (Wildman–Crippen LogP) is 1.05. The molecule has 0 spiro atoms. The molecule has 1 aromatic carbocycles. The van der Waals surface area contributed by atoms with Gasteiger partial charge in [0.15, 0.2) is 0 Å². The Hall–Kier alpha value is -1.86. The van der Waals surface area contributed by atoms with Gasteiger partial charge >= 0.3 is 11.7 Å². The topological polar surface area (TPSA) is 89.9 Å². The van der Waals surface area contributed by atoms with Crippen LogP contribution < -0.4 is 5.69 Å². The first-order chi connectivity index (χ1) is 8.56. The first-order valence-electron chi connectivity index (χ1n) is 4.63. The third-order valence-corrected chi connectivity index (χ3v) is 2.84. The molecule has 2 rings (SSSR count). The number of hydrogen-bond donors (Lipinski definition) is 1. The van der Waals surface area contributed by atoms with E-state index in [0.29, 0.717) is 0 Å². The molecule has 1 aromatic heterocycles. The van der Waals surface area contributed by atoms with Crippen LogP contribution in [0, 0.1) is 0 Å². The zero-order chi connectivity index (χ0) is 13.3. The van der Waals surface area contributed by atoms with Crippen LogP contribution in [-0.4, -0.2) is 33.3 Å². The molecule has 0 aliphatic carbocycles. The Morgan fingerprint density at radius 2 is 2.17 bits per heavy atom. The van der Waals surface area contributed by atoms with Crippen LogP contribution in [0.25, 0.3) is 5.69 Å². The summed E-state index contributed by atoms with van der Waals surface area (Å²) < 4.78 is 5.42. The number of ether oxygens (including phenoxy) is 1. The van der Waals surface area contributed by atoms with Crippen LogP contribution in [-0.2, 0) is 4.74 Å². The van der Waals surface area contributed by atoms with Crippen molar-refractivity contribution in [1.29, 1.82) is 0 Å². The molecule has 0 atom stereocenters. The van der Waals surface area contributed by atoms with Crippen LogP contribution in [0.3, 0.4) is 0 Å². The molecule has 0 saturated carbocycles. The van der Waals surface area contributed by atoms with Crippen LogP contribution in [0.5, 0.6) is 0 Å². The Morgan fingerprint density at radius 3 is 2.72 bits per heavy atom. The number of benzene rings is 1. The average Bonchev–Trinajstić information content (AvgIpc) is 2.75. The molecular weight excluding hydrogens is 283 g/mol. The minimum atomic E-state index is -0.644. The Kier molecular flexibility index (Phi) is 3.35. The van der Waals surface area contributed by atoms with Gasteiger partial charge in [0.2, 0.25) is 0 Å². The summed E-state index contributed by atoms with van der Waals surface area (Å²) in [4.78, 5) is 22.9. The Labute approximate surface area is 110 Å². The van der Waals surface area contributed by atoms with Crippen LogP contribution in [0.2, 0.25) is 10.0 Å². The van der Waals surface area contributed by atoms with Gasteiger partial charge in [0.05, 0.1) is 22.7 Å². The number of carbonyl (C=O) groups excluding carboxylic acids is 1. The number of nitrogens with zero attached hydrogens (tertiary/aromatic N) is 3. The van der Waals surface area contributed by atoms with E-state index in [1.807, 2.05) is 0 Å². The molecule has 9 heteroatoms. The summed E-state index contributed by atoms with van der Waals surface area (Å²) >= 11 is 12.0. The van der Waals surface area contributed by atoms with E-state index in [1.54, 1.807) is 0 Å². The van der Waals surface area contributed by atoms with Crippen molar-refractivity contribution < 1.29 is 9.53 Å². The van der Waals surface area contributed by atoms with E-state index < -0.39 is 11.7 Å². The van der Waals surface area contributed by atoms with E-state index in [4.69, 9.17) is 23.2 Å². The minimum Gasteiger partial charge on any atom is -0.465 e. The number of H-pyrrole nitrogens is 1. The van der Waals surface area contributed by atoms with Gasteiger partial charge in [0.25, 0.3) is 0 Å². The monoisotopic (exact) mass is 288 g/mol. The molecule has 2 aromatic rings. The van der Waals surface area contributed by atoms with Crippen LogP contribution in [0.1, 0.15) is 10.4 Å². The molecule has 0 saturated heterocycles. The first kappa shape index (κ1) is 12.6. The fourth-order valence-corrected chi connectivity index (χ4v) is 1.95. The maximum absolute atomic E-state index is 11.5. The lowest BCUT2D eigenvalue weighted by Crippen LogP contribution is -2.18. The molecule has 0 aliphatic rings. The van der Waals surface area contributed by atoms with Gasteiger partial charge in [0, 0.05) is 0 Å². The quantitative estimate of drug-likeness (QED) is 0.834. The molecule has 1 N–H and O–H groups in total.